The molecule has 0 amide bonds. The largest absolute Gasteiger partial charge is 0.305 e. The molecule has 0 aromatic rings. The molecular weight excluding hydrogens is 114 g/mol. The maximum atomic E-state index is 3.87. The van der Waals surface area contributed by atoms with Crippen molar-refractivity contribution in [2.75, 3.05) is 21.1 Å². The van der Waals surface area contributed by atoms with Gasteiger partial charge in [0.25, 0.3) is 0 Å². The number of aliphatic imine (C=N–C) groups is 1. The van der Waals surface area contributed by atoms with E-state index >= 15 is 0 Å². The highest BCUT2D eigenvalue weighted by Gasteiger charge is 1.96. The van der Waals surface area contributed by atoms with Gasteiger partial charge in [0.1, 0.15) is 0 Å². The molecule has 0 aromatic carbocycles. The standard InChI is InChI=1S/C6H15N3/c1-7-5-4-6(8-2)9-3/h5-6,8-9H,4H2,1-3H3. The molecule has 0 radical (unpaired) electrons. The van der Waals surface area contributed by atoms with Crippen LogP contribution in [-0.2, 0) is 0 Å². The summed E-state index contributed by atoms with van der Waals surface area (Å²) in [6, 6.07) is 0. The molecule has 0 saturated carbocycles. The zero-order valence-electron chi connectivity index (χ0n) is 6.31. The summed E-state index contributed by atoms with van der Waals surface area (Å²) < 4.78 is 0. The highest BCUT2D eigenvalue weighted by atomic mass is 15.1. The lowest BCUT2D eigenvalue weighted by Crippen LogP contribution is -2.37. The maximum absolute atomic E-state index is 3.87. The zero-order valence-corrected chi connectivity index (χ0v) is 6.31. The van der Waals surface area contributed by atoms with Crippen molar-refractivity contribution >= 4 is 6.21 Å². The molecule has 0 aliphatic carbocycles. The van der Waals surface area contributed by atoms with Gasteiger partial charge in [-0.15, -0.1) is 0 Å². The Morgan fingerprint density at radius 2 is 2.00 bits per heavy atom. The van der Waals surface area contributed by atoms with Gasteiger partial charge in [-0.05, 0) is 14.1 Å². The lowest BCUT2D eigenvalue weighted by atomic mass is 10.4. The molecular formula is C6H15N3. The summed E-state index contributed by atoms with van der Waals surface area (Å²) in [5.41, 5.74) is 0. The van der Waals surface area contributed by atoms with Crippen molar-refractivity contribution in [1.29, 1.82) is 0 Å². The first-order chi connectivity index (χ1) is 4.35. The average molecular weight is 129 g/mol. The Morgan fingerprint density at radius 1 is 1.44 bits per heavy atom. The van der Waals surface area contributed by atoms with Gasteiger partial charge < -0.3 is 15.6 Å². The Hall–Kier alpha value is -0.410. The van der Waals surface area contributed by atoms with Crippen LogP contribution in [0.1, 0.15) is 6.42 Å². The number of hydrogen-bond acceptors (Lipinski definition) is 3. The van der Waals surface area contributed by atoms with Crippen molar-refractivity contribution in [3.63, 3.8) is 0 Å². The fourth-order valence-corrected chi connectivity index (χ4v) is 0.591. The van der Waals surface area contributed by atoms with Gasteiger partial charge in [0.15, 0.2) is 0 Å². The Morgan fingerprint density at radius 3 is 2.33 bits per heavy atom. The third kappa shape index (κ3) is 4.12. The van der Waals surface area contributed by atoms with E-state index in [0.29, 0.717) is 6.17 Å². The second-order valence-electron chi connectivity index (χ2n) is 1.81. The summed E-state index contributed by atoms with van der Waals surface area (Å²) in [6.07, 6.45) is 3.18. The van der Waals surface area contributed by atoms with Gasteiger partial charge in [-0.1, -0.05) is 0 Å². The molecule has 0 fully saturated rings. The first-order valence-corrected chi connectivity index (χ1v) is 3.10. The van der Waals surface area contributed by atoms with Crippen molar-refractivity contribution in [2.45, 2.75) is 12.6 Å². The van der Waals surface area contributed by atoms with Crippen LogP contribution in [0.25, 0.3) is 0 Å². The second-order valence-corrected chi connectivity index (χ2v) is 1.81. The predicted molar refractivity (Wildman–Crippen MR) is 40.9 cm³/mol. The van der Waals surface area contributed by atoms with Gasteiger partial charge in [-0.2, -0.15) is 0 Å². The minimum absolute atomic E-state index is 0.355. The van der Waals surface area contributed by atoms with Crippen LogP contribution in [0.2, 0.25) is 0 Å². The smallest absolute Gasteiger partial charge is 0.0617 e. The fourth-order valence-electron chi connectivity index (χ4n) is 0.591. The summed E-state index contributed by atoms with van der Waals surface area (Å²) in [6.45, 7) is 0. The molecule has 0 saturated heterocycles. The van der Waals surface area contributed by atoms with E-state index in [1.165, 1.54) is 0 Å². The number of nitrogens with zero attached hydrogens (tertiary/aromatic N) is 1. The van der Waals surface area contributed by atoms with Gasteiger partial charge in [0, 0.05) is 19.7 Å². The normalized spacial score (nSPS) is 11.6. The topological polar surface area (TPSA) is 36.4 Å². The molecule has 0 bridgehead atoms. The summed E-state index contributed by atoms with van der Waals surface area (Å²) in [5, 5.41) is 6.17. The summed E-state index contributed by atoms with van der Waals surface area (Å²) in [7, 11) is 5.62. The van der Waals surface area contributed by atoms with Crippen molar-refractivity contribution in [3.8, 4) is 0 Å². The first kappa shape index (κ1) is 8.59. The predicted octanol–water partition coefficient (Wildman–Crippen LogP) is -0.158. The maximum Gasteiger partial charge on any atom is 0.0617 e. The molecule has 0 aliphatic rings. The van der Waals surface area contributed by atoms with E-state index in [0.717, 1.165) is 6.42 Å². The van der Waals surface area contributed by atoms with Crippen molar-refractivity contribution in [2.24, 2.45) is 4.99 Å². The molecule has 0 unspecified atom stereocenters. The molecule has 0 heterocycles. The van der Waals surface area contributed by atoms with E-state index in [2.05, 4.69) is 15.6 Å². The Bertz CT molecular complexity index is 76.4. The fraction of sp³-hybridized carbons (Fsp3) is 0.833. The summed E-state index contributed by atoms with van der Waals surface area (Å²) in [5.74, 6) is 0. The Labute approximate surface area is 56.6 Å². The van der Waals surface area contributed by atoms with Crippen molar-refractivity contribution < 1.29 is 0 Å². The van der Waals surface area contributed by atoms with Gasteiger partial charge in [0.2, 0.25) is 0 Å². The molecule has 3 heteroatoms. The van der Waals surface area contributed by atoms with E-state index in [-0.39, 0.29) is 0 Å². The molecule has 3 nitrogen and oxygen atoms in total. The van der Waals surface area contributed by atoms with E-state index in [1.807, 2.05) is 20.3 Å². The van der Waals surface area contributed by atoms with E-state index in [1.54, 1.807) is 7.05 Å². The van der Waals surface area contributed by atoms with Crippen LogP contribution in [0.3, 0.4) is 0 Å². The molecule has 0 spiro atoms. The highest BCUT2D eigenvalue weighted by Crippen LogP contribution is 1.79. The SMILES string of the molecule is CN=CCC(NC)NC. The molecule has 0 rings (SSSR count). The van der Waals surface area contributed by atoms with Crippen LogP contribution in [0.5, 0.6) is 0 Å². The summed E-state index contributed by atoms with van der Waals surface area (Å²) in [4.78, 5) is 3.87. The highest BCUT2D eigenvalue weighted by molar-refractivity contribution is 5.57. The molecule has 2 N–H and O–H groups in total. The van der Waals surface area contributed by atoms with Gasteiger partial charge in [-0.3, -0.25) is 0 Å². The van der Waals surface area contributed by atoms with Crippen LogP contribution in [-0.4, -0.2) is 33.5 Å². The quantitative estimate of drug-likeness (QED) is 0.409. The minimum atomic E-state index is 0.355. The first-order valence-electron chi connectivity index (χ1n) is 3.10. The van der Waals surface area contributed by atoms with Gasteiger partial charge in [0.05, 0.1) is 6.17 Å². The average Bonchev–Trinajstić information content (AvgIpc) is 1.91. The molecule has 9 heavy (non-hydrogen) atoms. The Balaban J connectivity index is 3.31. The zero-order chi connectivity index (χ0) is 7.11. The third-order valence-electron chi connectivity index (χ3n) is 1.22. The van der Waals surface area contributed by atoms with Crippen LogP contribution >= 0.6 is 0 Å². The van der Waals surface area contributed by atoms with E-state index in [9.17, 15) is 0 Å². The third-order valence-corrected chi connectivity index (χ3v) is 1.22. The van der Waals surface area contributed by atoms with E-state index in [4.69, 9.17) is 0 Å². The molecule has 0 aromatic heterocycles. The number of hydrogen-bond donors (Lipinski definition) is 2. The monoisotopic (exact) mass is 129 g/mol. The molecule has 0 aliphatic heterocycles. The van der Waals surface area contributed by atoms with Crippen molar-refractivity contribution in [1.82, 2.24) is 10.6 Å². The lowest BCUT2D eigenvalue weighted by molar-refractivity contribution is 0.513. The Kier molecular flexibility index (Phi) is 5.46. The van der Waals surface area contributed by atoms with Crippen LogP contribution in [0.15, 0.2) is 4.99 Å². The molecule has 54 valence electrons. The van der Waals surface area contributed by atoms with Crippen LogP contribution < -0.4 is 10.6 Å². The second kappa shape index (κ2) is 5.72. The minimum Gasteiger partial charge on any atom is -0.305 e. The molecule has 0 atom stereocenters. The van der Waals surface area contributed by atoms with Crippen LogP contribution in [0, 0.1) is 0 Å². The van der Waals surface area contributed by atoms with Crippen LogP contribution in [0.4, 0.5) is 0 Å². The van der Waals surface area contributed by atoms with E-state index < -0.39 is 0 Å². The van der Waals surface area contributed by atoms with Crippen molar-refractivity contribution in [3.05, 3.63) is 0 Å². The summed E-state index contributed by atoms with van der Waals surface area (Å²) >= 11 is 0. The number of nitrogens with one attached hydrogen (secondary N) is 2. The van der Waals surface area contributed by atoms with Gasteiger partial charge >= 0.3 is 0 Å². The lowest BCUT2D eigenvalue weighted by Gasteiger charge is -2.10. The number of rotatable bonds is 4. The van der Waals surface area contributed by atoms with Gasteiger partial charge in [-0.25, -0.2) is 0 Å².